The second-order valence-electron chi connectivity index (χ2n) is 3.45. The molecule has 0 spiro atoms. The Kier molecular flexibility index (Phi) is 4.16. The zero-order valence-electron chi connectivity index (χ0n) is 9.46. The number of carbonyl (C=O) groups excluding carboxylic acids is 1. The van der Waals surface area contributed by atoms with Crippen LogP contribution in [0.2, 0.25) is 0 Å². The SMILES string of the molecule is CCCc1ccc(OC)cc1NC(C)=O. The van der Waals surface area contributed by atoms with Crippen LogP contribution < -0.4 is 10.1 Å². The Hall–Kier alpha value is -1.51. The van der Waals surface area contributed by atoms with Gasteiger partial charge in [-0.1, -0.05) is 19.4 Å². The van der Waals surface area contributed by atoms with Crippen LogP contribution in [0.4, 0.5) is 5.69 Å². The number of amides is 1. The molecule has 0 aliphatic rings. The highest BCUT2D eigenvalue weighted by molar-refractivity contribution is 5.89. The van der Waals surface area contributed by atoms with Crippen LogP contribution >= 0.6 is 0 Å². The van der Waals surface area contributed by atoms with Gasteiger partial charge >= 0.3 is 0 Å². The summed E-state index contributed by atoms with van der Waals surface area (Å²) in [4.78, 5) is 11.0. The van der Waals surface area contributed by atoms with E-state index in [0.29, 0.717) is 0 Å². The van der Waals surface area contributed by atoms with Gasteiger partial charge in [-0.05, 0) is 18.1 Å². The van der Waals surface area contributed by atoms with Crippen LogP contribution in [-0.2, 0) is 11.2 Å². The van der Waals surface area contributed by atoms with Crippen LogP contribution in [0.3, 0.4) is 0 Å². The van der Waals surface area contributed by atoms with Crippen molar-refractivity contribution in [1.29, 1.82) is 0 Å². The molecule has 0 unspecified atom stereocenters. The van der Waals surface area contributed by atoms with Crippen molar-refractivity contribution >= 4 is 11.6 Å². The van der Waals surface area contributed by atoms with Crippen molar-refractivity contribution in [2.24, 2.45) is 0 Å². The number of hydrogen-bond acceptors (Lipinski definition) is 2. The van der Waals surface area contributed by atoms with Crippen molar-refractivity contribution in [3.8, 4) is 5.75 Å². The summed E-state index contributed by atoms with van der Waals surface area (Å²) in [5, 5.41) is 2.81. The first kappa shape index (κ1) is 11.6. The van der Waals surface area contributed by atoms with Crippen molar-refractivity contribution in [2.75, 3.05) is 12.4 Å². The molecule has 1 aromatic carbocycles. The Balaban J connectivity index is 2.98. The molecule has 0 aliphatic carbocycles. The van der Waals surface area contributed by atoms with Crippen LogP contribution in [0.1, 0.15) is 25.8 Å². The number of carbonyl (C=O) groups is 1. The van der Waals surface area contributed by atoms with E-state index >= 15 is 0 Å². The van der Waals surface area contributed by atoms with Gasteiger partial charge in [0.1, 0.15) is 5.75 Å². The zero-order valence-corrected chi connectivity index (χ0v) is 9.46. The minimum absolute atomic E-state index is 0.0550. The van der Waals surface area contributed by atoms with Crippen LogP contribution in [0.5, 0.6) is 5.75 Å². The van der Waals surface area contributed by atoms with E-state index in [2.05, 4.69) is 12.2 Å². The number of ether oxygens (including phenoxy) is 1. The molecule has 1 rings (SSSR count). The summed E-state index contributed by atoms with van der Waals surface area (Å²) in [6.45, 7) is 3.62. The summed E-state index contributed by atoms with van der Waals surface area (Å²) < 4.78 is 5.12. The van der Waals surface area contributed by atoms with Crippen LogP contribution in [0.15, 0.2) is 18.2 Å². The molecule has 0 fully saturated rings. The second kappa shape index (κ2) is 5.39. The van der Waals surface area contributed by atoms with Crippen LogP contribution in [-0.4, -0.2) is 13.0 Å². The highest BCUT2D eigenvalue weighted by Crippen LogP contribution is 2.23. The molecule has 15 heavy (non-hydrogen) atoms. The molecule has 0 saturated carbocycles. The van der Waals surface area contributed by atoms with E-state index in [0.717, 1.165) is 29.8 Å². The van der Waals surface area contributed by atoms with Crippen molar-refractivity contribution in [3.63, 3.8) is 0 Å². The van der Waals surface area contributed by atoms with Gasteiger partial charge in [-0.25, -0.2) is 0 Å². The summed E-state index contributed by atoms with van der Waals surface area (Å²) in [5.41, 5.74) is 2.00. The van der Waals surface area contributed by atoms with E-state index < -0.39 is 0 Å². The fraction of sp³-hybridized carbons (Fsp3) is 0.417. The van der Waals surface area contributed by atoms with E-state index in [1.807, 2.05) is 18.2 Å². The predicted octanol–water partition coefficient (Wildman–Crippen LogP) is 2.61. The summed E-state index contributed by atoms with van der Waals surface area (Å²) in [6, 6.07) is 5.76. The van der Waals surface area contributed by atoms with Gasteiger partial charge in [-0.15, -0.1) is 0 Å². The summed E-state index contributed by atoms with van der Waals surface area (Å²) in [7, 11) is 1.62. The van der Waals surface area contributed by atoms with Gasteiger partial charge in [0.25, 0.3) is 0 Å². The third-order valence-corrected chi connectivity index (χ3v) is 2.15. The molecule has 0 aromatic heterocycles. The van der Waals surface area contributed by atoms with E-state index in [4.69, 9.17) is 4.74 Å². The molecular formula is C12H17NO2. The Morgan fingerprint density at radius 2 is 2.20 bits per heavy atom. The Bertz CT molecular complexity index is 347. The number of anilines is 1. The number of rotatable bonds is 4. The first-order valence-corrected chi connectivity index (χ1v) is 5.12. The van der Waals surface area contributed by atoms with Crippen LogP contribution in [0.25, 0.3) is 0 Å². The molecule has 3 heteroatoms. The first-order valence-electron chi connectivity index (χ1n) is 5.12. The van der Waals surface area contributed by atoms with Gasteiger partial charge in [0.05, 0.1) is 7.11 Å². The minimum atomic E-state index is -0.0550. The quantitative estimate of drug-likeness (QED) is 0.824. The normalized spacial score (nSPS) is 9.80. The van der Waals surface area contributed by atoms with Crippen molar-refractivity contribution < 1.29 is 9.53 Å². The third kappa shape index (κ3) is 3.27. The number of nitrogens with one attached hydrogen (secondary N) is 1. The largest absolute Gasteiger partial charge is 0.497 e. The Labute approximate surface area is 90.4 Å². The molecule has 0 bridgehead atoms. The molecule has 1 aromatic rings. The highest BCUT2D eigenvalue weighted by Gasteiger charge is 2.04. The lowest BCUT2D eigenvalue weighted by atomic mass is 10.1. The number of aryl methyl sites for hydroxylation is 1. The fourth-order valence-corrected chi connectivity index (χ4v) is 1.48. The van der Waals surface area contributed by atoms with Gasteiger partial charge in [-0.2, -0.15) is 0 Å². The minimum Gasteiger partial charge on any atom is -0.497 e. The Morgan fingerprint density at radius 3 is 2.73 bits per heavy atom. The van der Waals surface area contributed by atoms with Gasteiger partial charge in [0.15, 0.2) is 0 Å². The maximum absolute atomic E-state index is 11.0. The fourth-order valence-electron chi connectivity index (χ4n) is 1.48. The van der Waals surface area contributed by atoms with Gasteiger partial charge in [0.2, 0.25) is 5.91 Å². The monoisotopic (exact) mass is 207 g/mol. The molecule has 3 nitrogen and oxygen atoms in total. The predicted molar refractivity (Wildman–Crippen MR) is 61.3 cm³/mol. The topological polar surface area (TPSA) is 38.3 Å². The van der Waals surface area contributed by atoms with Crippen LogP contribution in [0, 0.1) is 0 Å². The number of methoxy groups -OCH3 is 1. The van der Waals surface area contributed by atoms with E-state index in [1.165, 1.54) is 6.92 Å². The molecular weight excluding hydrogens is 190 g/mol. The van der Waals surface area contributed by atoms with Crippen molar-refractivity contribution in [2.45, 2.75) is 26.7 Å². The molecule has 0 saturated heterocycles. The third-order valence-electron chi connectivity index (χ3n) is 2.15. The summed E-state index contributed by atoms with van der Waals surface area (Å²) in [6.07, 6.45) is 2.01. The number of hydrogen-bond donors (Lipinski definition) is 1. The molecule has 82 valence electrons. The van der Waals surface area contributed by atoms with Crippen molar-refractivity contribution in [1.82, 2.24) is 0 Å². The maximum atomic E-state index is 11.0. The standard InChI is InChI=1S/C12H17NO2/c1-4-5-10-6-7-11(15-3)8-12(10)13-9(2)14/h6-8H,4-5H2,1-3H3,(H,13,14). The molecule has 1 amide bonds. The molecule has 0 radical (unpaired) electrons. The molecule has 0 heterocycles. The molecule has 0 atom stereocenters. The lowest BCUT2D eigenvalue weighted by molar-refractivity contribution is -0.114. The smallest absolute Gasteiger partial charge is 0.221 e. The number of benzene rings is 1. The Morgan fingerprint density at radius 1 is 1.47 bits per heavy atom. The first-order chi connectivity index (χ1) is 7.17. The summed E-state index contributed by atoms with van der Waals surface area (Å²) in [5.74, 6) is 0.708. The van der Waals surface area contributed by atoms with E-state index in [9.17, 15) is 4.79 Å². The second-order valence-corrected chi connectivity index (χ2v) is 3.45. The maximum Gasteiger partial charge on any atom is 0.221 e. The lowest BCUT2D eigenvalue weighted by Crippen LogP contribution is -2.08. The average molecular weight is 207 g/mol. The van der Waals surface area contributed by atoms with E-state index in [-0.39, 0.29) is 5.91 Å². The highest BCUT2D eigenvalue weighted by atomic mass is 16.5. The molecule has 0 aliphatic heterocycles. The zero-order chi connectivity index (χ0) is 11.3. The van der Waals surface area contributed by atoms with Gasteiger partial charge in [0, 0.05) is 18.7 Å². The lowest BCUT2D eigenvalue weighted by Gasteiger charge is -2.10. The van der Waals surface area contributed by atoms with Crippen molar-refractivity contribution in [3.05, 3.63) is 23.8 Å². The summed E-state index contributed by atoms with van der Waals surface area (Å²) >= 11 is 0. The van der Waals surface area contributed by atoms with Gasteiger partial charge in [-0.3, -0.25) is 4.79 Å². The molecule has 1 N–H and O–H groups in total. The average Bonchev–Trinajstić information content (AvgIpc) is 2.20. The van der Waals surface area contributed by atoms with Gasteiger partial charge < -0.3 is 10.1 Å². The van der Waals surface area contributed by atoms with E-state index in [1.54, 1.807) is 7.11 Å².